The number of hydrogen-bond acceptors (Lipinski definition) is 2. The Balaban J connectivity index is 2.24. The van der Waals surface area contributed by atoms with Gasteiger partial charge in [0.05, 0.1) is 6.10 Å². The van der Waals surface area contributed by atoms with E-state index in [1.54, 1.807) is 0 Å². The van der Waals surface area contributed by atoms with E-state index in [1.165, 1.54) is 0 Å². The third-order valence-electron chi connectivity index (χ3n) is 2.21. The zero-order valence-corrected chi connectivity index (χ0v) is 8.67. The van der Waals surface area contributed by atoms with Crippen molar-refractivity contribution in [1.29, 1.82) is 0 Å². The van der Waals surface area contributed by atoms with Gasteiger partial charge in [0.25, 0.3) is 0 Å². The van der Waals surface area contributed by atoms with Gasteiger partial charge in [-0.2, -0.15) is 0 Å². The highest BCUT2D eigenvalue weighted by molar-refractivity contribution is 5.80. The molecule has 3 heteroatoms. The van der Waals surface area contributed by atoms with Crippen LogP contribution in [0, 0.1) is 5.92 Å². The molecule has 1 rings (SSSR count). The van der Waals surface area contributed by atoms with E-state index in [1.807, 2.05) is 6.92 Å². The molecule has 1 aliphatic rings. The molecule has 0 spiro atoms. The molecular weight excluding hydrogens is 166 g/mol. The van der Waals surface area contributed by atoms with Crippen molar-refractivity contribution < 1.29 is 9.53 Å². The topological polar surface area (TPSA) is 38.3 Å². The van der Waals surface area contributed by atoms with Gasteiger partial charge in [-0.1, -0.05) is 13.8 Å². The Labute approximate surface area is 79.8 Å². The summed E-state index contributed by atoms with van der Waals surface area (Å²) in [7, 11) is 0. The van der Waals surface area contributed by atoms with Crippen LogP contribution in [0.1, 0.15) is 33.6 Å². The van der Waals surface area contributed by atoms with Crippen molar-refractivity contribution in [1.82, 2.24) is 5.32 Å². The number of carbonyl (C=O) groups is 1. The molecule has 0 aliphatic carbocycles. The van der Waals surface area contributed by atoms with Crippen LogP contribution in [0.2, 0.25) is 0 Å². The van der Waals surface area contributed by atoms with Gasteiger partial charge in [-0.3, -0.25) is 4.79 Å². The molecule has 1 fully saturated rings. The summed E-state index contributed by atoms with van der Waals surface area (Å²) in [4.78, 5) is 11.5. The number of carbonyl (C=O) groups excluding carboxylic acids is 1. The van der Waals surface area contributed by atoms with Crippen LogP contribution in [-0.4, -0.2) is 24.7 Å². The molecule has 0 aromatic carbocycles. The first-order valence-corrected chi connectivity index (χ1v) is 5.02. The van der Waals surface area contributed by atoms with Gasteiger partial charge >= 0.3 is 0 Å². The van der Waals surface area contributed by atoms with E-state index in [-0.39, 0.29) is 18.1 Å². The summed E-state index contributed by atoms with van der Waals surface area (Å²) in [6.07, 6.45) is 1.91. The van der Waals surface area contributed by atoms with E-state index < -0.39 is 0 Å². The van der Waals surface area contributed by atoms with Gasteiger partial charge in [0.2, 0.25) is 5.91 Å². The van der Waals surface area contributed by atoms with E-state index in [0.29, 0.717) is 5.92 Å². The summed E-state index contributed by atoms with van der Waals surface area (Å²) < 4.78 is 5.44. The smallest absolute Gasteiger partial charge is 0.249 e. The van der Waals surface area contributed by atoms with Crippen LogP contribution in [0.25, 0.3) is 0 Å². The molecule has 0 saturated carbocycles. The molecule has 0 unspecified atom stereocenters. The molecule has 13 heavy (non-hydrogen) atoms. The van der Waals surface area contributed by atoms with Gasteiger partial charge in [-0.25, -0.2) is 0 Å². The van der Waals surface area contributed by atoms with Gasteiger partial charge in [0, 0.05) is 6.54 Å². The van der Waals surface area contributed by atoms with Gasteiger partial charge in [-0.05, 0) is 25.7 Å². The lowest BCUT2D eigenvalue weighted by Crippen LogP contribution is -2.36. The minimum atomic E-state index is -0.200. The summed E-state index contributed by atoms with van der Waals surface area (Å²) in [6, 6.07) is 0. The normalized spacial score (nSPS) is 28.0. The molecule has 1 N–H and O–H groups in total. The highest BCUT2D eigenvalue weighted by atomic mass is 16.5. The van der Waals surface area contributed by atoms with Gasteiger partial charge in [-0.15, -0.1) is 0 Å². The molecule has 3 nitrogen and oxygen atoms in total. The Morgan fingerprint density at radius 3 is 2.69 bits per heavy atom. The van der Waals surface area contributed by atoms with Crippen LogP contribution < -0.4 is 5.32 Å². The number of rotatable bonds is 3. The van der Waals surface area contributed by atoms with Crippen LogP contribution in [0.15, 0.2) is 0 Å². The average Bonchev–Trinajstić information content (AvgIpc) is 2.47. The first-order chi connectivity index (χ1) is 6.09. The third kappa shape index (κ3) is 3.35. The lowest BCUT2D eigenvalue weighted by Gasteiger charge is -2.12. The molecule has 1 amide bonds. The Hall–Kier alpha value is -0.570. The fraction of sp³-hybridized carbons (Fsp3) is 0.900. The zero-order valence-electron chi connectivity index (χ0n) is 8.67. The second-order valence-corrected chi connectivity index (χ2v) is 4.15. The molecule has 1 heterocycles. The molecule has 76 valence electrons. The molecular formula is C10H19NO2. The highest BCUT2D eigenvalue weighted by Gasteiger charge is 2.27. The second-order valence-electron chi connectivity index (χ2n) is 4.15. The lowest BCUT2D eigenvalue weighted by molar-refractivity contribution is -0.131. The van der Waals surface area contributed by atoms with Crippen molar-refractivity contribution in [3.8, 4) is 0 Å². The Morgan fingerprint density at radius 2 is 2.23 bits per heavy atom. The molecule has 0 radical (unpaired) electrons. The predicted octanol–water partition coefficient (Wildman–Crippen LogP) is 1.33. The molecule has 1 aliphatic heterocycles. The van der Waals surface area contributed by atoms with Crippen molar-refractivity contribution in [2.45, 2.75) is 45.8 Å². The van der Waals surface area contributed by atoms with Crippen LogP contribution in [0.4, 0.5) is 0 Å². The van der Waals surface area contributed by atoms with Crippen molar-refractivity contribution in [2.24, 2.45) is 5.92 Å². The second kappa shape index (κ2) is 4.61. The van der Waals surface area contributed by atoms with Crippen LogP contribution in [0.5, 0.6) is 0 Å². The van der Waals surface area contributed by atoms with Gasteiger partial charge in [0.1, 0.15) is 6.10 Å². The summed E-state index contributed by atoms with van der Waals surface area (Å²) in [6.45, 7) is 6.92. The Kier molecular flexibility index (Phi) is 3.72. The van der Waals surface area contributed by atoms with Gasteiger partial charge < -0.3 is 10.1 Å². The molecule has 1 saturated heterocycles. The van der Waals surface area contributed by atoms with E-state index in [2.05, 4.69) is 19.2 Å². The lowest BCUT2D eigenvalue weighted by atomic mass is 10.2. The van der Waals surface area contributed by atoms with E-state index in [0.717, 1.165) is 19.4 Å². The summed E-state index contributed by atoms with van der Waals surface area (Å²) in [5.41, 5.74) is 0. The monoisotopic (exact) mass is 185 g/mol. The van der Waals surface area contributed by atoms with Crippen molar-refractivity contribution in [3.05, 3.63) is 0 Å². The first-order valence-electron chi connectivity index (χ1n) is 5.02. The van der Waals surface area contributed by atoms with Crippen molar-refractivity contribution >= 4 is 5.91 Å². The molecule has 2 atom stereocenters. The maximum atomic E-state index is 11.5. The standard InChI is InChI=1S/C10H19NO2/c1-7(2)6-11-10(12)9-5-4-8(3)13-9/h7-9H,4-6H2,1-3H3,(H,11,12)/t8-,9-/m0/s1. The zero-order chi connectivity index (χ0) is 9.84. The summed E-state index contributed by atoms with van der Waals surface area (Å²) >= 11 is 0. The minimum absolute atomic E-state index is 0.0538. The average molecular weight is 185 g/mol. The number of ether oxygens (including phenoxy) is 1. The van der Waals surface area contributed by atoms with Gasteiger partial charge in [0.15, 0.2) is 0 Å². The SMILES string of the molecule is CC(C)CNC(=O)[C@@H]1CC[C@H](C)O1. The van der Waals surface area contributed by atoms with E-state index in [9.17, 15) is 4.79 Å². The first kappa shape index (κ1) is 10.5. The minimum Gasteiger partial charge on any atom is -0.365 e. The van der Waals surface area contributed by atoms with Crippen molar-refractivity contribution in [2.75, 3.05) is 6.54 Å². The van der Waals surface area contributed by atoms with Crippen LogP contribution in [0.3, 0.4) is 0 Å². The Morgan fingerprint density at radius 1 is 1.54 bits per heavy atom. The fourth-order valence-corrected chi connectivity index (χ4v) is 1.41. The van der Waals surface area contributed by atoms with E-state index >= 15 is 0 Å². The largest absolute Gasteiger partial charge is 0.365 e. The maximum absolute atomic E-state index is 11.5. The molecule has 0 aromatic rings. The highest BCUT2D eigenvalue weighted by Crippen LogP contribution is 2.18. The van der Waals surface area contributed by atoms with E-state index in [4.69, 9.17) is 4.74 Å². The maximum Gasteiger partial charge on any atom is 0.249 e. The summed E-state index contributed by atoms with van der Waals surface area (Å²) in [5.74, 6) is 0.556. The van der Waals surface area contributed by atoms with Crippen LogP contribution >= 0.6 is 0 Å². The number of hydrogen-bond donors (Lipinski definition) is 1. The number of amides is 1. The third-order valence-corrected chi connectivity index (χ3v) is 2.21. The number of nitrogens with one attached hydrogen (secondary N) is 1. The predicted molar refractivity (Wildman–Crippen MR) is 51.4 cm³/mol. The Bertz CT molecular complexity index is 180. The fourth-order valence-electron chi connectivity index (χ4n) is 1.41. The molecule has 0 aromatic heterocycles. The molecule has 0 bridgehead atoms. The van der Waals surface area contributed by atoms with Crippen LogP contribution in [-0.2, 0) is 9.53 Å². The quantitative estimate of drug-likeness (QED) is 0.720. The summed E-state index contributed by atoms with van der Waals surface area (Å²) in [5, 5.41) is 2.88. The van der Waals surface area contributed by atoms with Crippen molar-refractivity contribution in [3.63, 3.8) is 0 Å².